The van der Waals surface area contributed by atoms with Crippen molar-refractivity contribution >= 4 is 11.7 Å². The highest BCUT2D eigenvalue weighted by Gasteiger charge is 2.33. The number of nitriles is 1. The molecular formula is C15H23N5O2. The molecule has 0 radical (unpaired) electrons. The van der Waals surface area contributed by atoms with Gasteiger partial charge in [-0.15, -0.1) is 0 Å². The minimum absolute atomic E-state index is 0.149. The van der Waals surface area contributed by atoms with E-state index in [1.807, 2.05) is 13.1 Å². The fourth-order valence-corrected chi connectivity index (χ4v) is 2.78. The monoisotopic (exact) mass is 305 g/mol. The maximum absolute atomic E-state index is 12.2. The van der Waals surface area contributed by atoms with E-state index in [1.54, 1.807) is 12.0 Å². The van der Waals surface area contributed by atoms with Gasteiger partial charge in [-0.2, -0.15) is 10.4 Å². The molecule has 3 N–H and O–H groups in total. The Labute approximate surface area is 130 Å². The summed E-state index contributed by atoms with van der Waals surface area (Å²) in [5.41, 5.74) is 6.74. The minimum atomic E-state index is 0.149. The fraction of sp³-hybridized carbons (Fsp3) is 0.667. The smallest absolute Gasteiger partial charge is 0.222 e. The van der Waals surface area contributed by atoms with Gasteiger partial charge in [0, 0.05) is 27.1 Å². The van der Waals surface area contributed by atoms with E-state index in [4.69, 9.17) is 15.7 Å². The predicted octanol–water partition coefficient (Wildman–Crippen LogP) is 1.07. The number of carbonyl (C=O) groups is 1. The number of hydrogen-bond donors (Lipinski definition) is 2. The van der Waals surface area contributed by atoms with E-state index in [1.165, 1.54) is 0 Å². The van der Waals surface area contributed by atoms with Crippen LogP contribution in [0.1, 0.15) is 36.9 Å². The molecular weight excluding hydrogens is 282 g/mol. The van der Waals surface area contributed by atoms with Crippen molar-refractivity contribution in [2.45, 2.75) is 38.2 Å². The van der Waals surface area contributed by atoms with Crippen molar-refractivity contribution in [3.8, 4) is 6.07 Å². The Morgan fingerprint density at radius 2 is 2.36 bits per heavy atom. The normalized spacial score (nSPS) is 20.2. The first-order valence-electron chi connectivity index (χ1n) is 7.56. The van der Waals surface area contributed by atoms with Crippen LogP contribution in [0.15, 0.2) is 0 Å². The van der Waals surface area contributed by atoms with Gasteiger partial charge in [0.2, 0.25) is 5.91 Å². The standard InChI is InChI=1S/C15H23N5O2/c1-20(14(21)8-10-5-6-13(10)22-2)7-3-4-12-11(9-16)15(17)19-18-12/h10,13H,3-8H2,1-2H3,(H3,17,18,19). The molecule has 2 atom stereocenters. The number of aryl methyl sites for hydroxylation is 1. The zero-order valence-electron chi connectivity index (χ0n) is 13.1. The first-order chi connectivity index (χ1) is 10.6. The number of H-pyrrole nitrogens is 1. The van der Waals surface area contributed by atoms with Gasteiger partial charge in [-0.05, 0) is 31.6 Å². The highest BCUT2D eigenvalue weighted by Crippen LogP contribution is 2.32. The molecule has 1 heterocycles. The van der Waals surface area contributed by atoms with Crippen molar-refractivity contribution in [3.63, 3.8) is 0 Å². The average Bonchev–Trinajstić information content (AvgIpc) is 2.83. The summed E-state index contributed by atoms with van der Waals surface area (Å²) >= 11 is 0. The Hall–Kier alpha value is -2.07. The molecule has 0 bridgehead atoms. The molecule has 1 saturated carbocycles. The third-order valence-corrected chi connectivity index (χ3v) is 4.41. The highest BCUT2D eigenvalue weighted by atomic mass is 16.5. The summed E-state index contributed by atoms with van der Waals surface area (Å²) in [7, 11) is 3.52. The molecule has 0 aliphatic heterocycles. The lowest BCUT2D eigenvalue weighted by molar-refractivity contribution is -0.134. The lowest BCUT2D eigenvalue weighted by atomic mass is 9.79. The number of carbonyl (C=O) groups excluding carboxylic acids is 1. The molecule has 1 aliphatic carbocycles. The summed E-state index contributed by atoms with van der Waals surface area (Å²) < 4.78 is 5.32. The van der Waals surface area contributed by atoms with E-state index in [2.05, 4.69) is 10.2 Å². The van der Waals surface area contributed by atoms with Gasteiger partial charge in [0.1, 0.15) is 11.6 Å². The summed E-state index contributed by atoms with van der Waals surface area (Å²) in [6, 6.07) is 2.04. The molecule has 1 amide bonds. The second-order valence-electron chi connectivity index (χ2n) is 5.81. The predicted molar refractivity (Wildman–Crippen MR) is 81.8 cm³/mol. The number of nitrogen functional groups attached to an aromatic ring is 1. The van der Waals surface area contributed by atoms with Crippen LogP contribution in [0.25, 0.3) is 0 Å². The van der Waals surface area contributed by atoms with Crippen LogP contribution in [0.5, 0.6) is 0 Å². The topological polar surface area (TPSA) is 108 Å². The maximum atomic E-state index is 12.2. The van der Waals surface area contributed by atoms with Gasteiger partial charge < -0.3 is 15.4 Å². The van der Waals surface area contributed by atoms with Crippen molar-refractivity contribution in [2.75, 3.05) is 26.4 Å². The van der Waals surface area contributed by atoms with E-state index in [0.717, 1.165) is 25.0 Å². The molecule has 0 aromatic carbocycles. The van der Waals surface area contributed by atoms with Crippen LogP contribution in [-0.4, -0.2) is 47.8 Å². The SMILES string of the molecule is COC1CCC1CC(=O)N(C)CCCc1[nH]nc(N)c1C#N. The van der Waals surface area contributed by atoms with Gasteiger partial charge in [0.05, 0.1) is 11.8 Å². The maximum Gasteiger partial charge on any atom is 0.222 e. The van der Waals surface area contributed by atoms with Crippen LogP contribution in [-0.2, 0) is 16.0 Å². The summed E-state index contributed by atoms with van der Waals surface area (Å²) in [6.45, 7) is 0.646. The van der Waals surface area contributed by atoms with Crippen molar-refractivity contribution in [1.82, 2.24) is 15.1 Å². The van der Waals surface area contributed by atoms with Gasteiger partial charge in [-0.25, -0.2) is 0 Å². The molecule has 2 rings (SSSR count). The van der Waals surface area contributed by atoms with Gasteiger partial charge in [-0.3, -0.25) is 9.89 Å². The number of methoxy groups -OCH3 is 1. The third kappa shape index (κ3) is 3.57. The van der Waals surface area contributed by atoms with Crippen molar-refractivity contribution in [2.24, 2.45) is 5.92 Å². The quantitative estimate of drug-likeness (QED) is 0.783. The van der Waals surface area contributed by atoms with E-state index in [0.29, 0.717) is 30.9 Å². The average molecular weight is 305 g/mol. The summed E-state index contributed by atoms with van der Waals surface area (Å²) in [4.78, 5) is 13.9. The van der Waals surface area contributed by atoms with Gasteiger partial charge >= 0.3 is 0 Å². The number of rotatable bonds is 7. The van der Waals surface area contributed by atoms with Crippen LogP contribution in [0, 0.1) is 17.2 Å². The Morgan fingerprint density at radius 1 is 1.59 bits per heavy atom. The Kier molecular flexibility index (Phi) is 5.39. The van der Waals surface area contributed by atoms with Gasteiger partial charge in [-0.1, -0.05) is 0 Å². The molecule has 1 fully saturated rings. The molecule has 0 spiro atoms. The molecule has 0 saturated heterocycles. The first kappa shape index (κ1) is 16.3. The number of hydrogen-bond acceptors (Lipinski definition) is 5. The zero-order chi connectivity index (χ0) is 16.1. The van der Waals surface area contributed by atoms with E-state index in [9.17, 15) is 4.79 Å². The molecule has 7 nitrogen and oxygen atoms in total. The number of ether oxygens (including phenoxy) is 1. The van der Waals surface area contributed by atoms with Gasteiger partial charge in [0.25, 0.3) is 0 Å². The lowest BCUT2D eigenvalue weighted by Gasteiger charge is -2.35. The number of aromatic amines is 1. The van der Waals surface area contributed by atoms with Crippen LogP contribution in [0.3, 0.4) is 0 Å². The van der Waals surface area contributed by atoms with E-state index >= 15 is 0 Å². The fourth-order valence-electron chi connectivity index (χ4n) is 2.78. The van der Waals surface area contributed by atoms with Crippen molar-refractivity contribution < 1.29 is 9.53 Å². The molecule has 2 unspecified atom stereocenters. The Balaban J connectivity index is 1.74. The van der Waals surface area contributed by atoms with Gasteiger partial charge in [0.15, 0.2) is 5.82 Å². The number of nitrogens with one attached hydrogen (secondary N) is 1. The molecule has 1 aliphatic rings. The largest absolute Gasteiger partial charge is 0.381 e. The third-order valence-electron chi connectivity index (χ3n) is 4.41. The highest BCUT2D eigenvalue weighted by molar-refractivity contribution is 5.76. The number of aromatic nitrogens is 2. The van der Waals surface area contributed by atoms with Crippen LogP contribution >= 0.6 is 0 Å². The first-order valence-corrected chi connectivity index (χ1v) is 7.56. The second-order valence-corrected chi connectivity index (χ2v) is 5.81. The van der Waals surface area contributed by atoms with E-state index in [-0.39, 0.29) is 17.8 Å². The molecule has 22 heavy (non-hydrogen) atoms. The second kappa shape index (κ2) is 7.27. The molecule has 1 aromatic rings. The number of amides is 1. The zero-order valence-corrected chi connectivity index (χ0v) is 13.1. The summed E-state index contributed by atoms with van der Waals surface area (Å²) in [5, 5.41) is 15.6. The number of nitrogens with two attached hydrogens (primary N) is 1. The summed E-state index contributed by atoms with van der Waals surface area (Å²) in [6.07, 6.45) is 4.32. The van der Waals surface area contributed by atoms with E-state index < -0.39 is 0 Å². The molecule has 7 heteroatoms. The van der Waals surface area contributed by atoms with Crippen LogP contribution in [0.2, 0.25) is 0 Å². The summed E-state index contributed by atoms with van der Waals surface area (Å²) in [5.74, 6) is 0.742. The number of anilines is 1. The molecule has 120 valence electrons. The Bertz CT molecular complexity index is 561. The number of nitrogens with zero attached hydrogens (tertiary/aromatic N) is 3. The van der Waals surface area contributed by atoms with Crippen molar-refractivity contribution in [1.29, 1.82) is 5.26 Å². The lowest BCUT2D eigenvalue weighted by Crippen LogP contribution is -2.38. The Morgan fingerprint density at radius 3 is 2.95 bits per heavy atom. The van der Waals surface area contributed by atoms with Crippen LogP contribution < -0.4 is 5.73 Å². The molecule has 1 aromatic heterocycles. The van der Waals surface area contributed by atoms with Crippen LogP contribution in [0.4, 0.5) is 5.82 Å². The minimum Gasteiger partial charge on any atom is -0.381 e. The van der Waals surface area contributed by atoms with Crippen molar-refractivity contribution in [3.05, 3.63) is 11.3 Å².